The highest BCUT2D eigenvalue weighted by Gasteiger charge is 2.00. The summed E-state index contributed by atoms with van der Waals surface area (Å²) in [7, 11) is 1.88. The van der Waals surface area contributed by atoms with Crippen LogP contribution in [0.25, 0.3) is 17.0 Å². The van der Waals surface area contributed by atoms with Gasteiger partial charge in [-0.1, -0.05) is 6.07 Å². The number of benzene rings is 1. The number of carbonyl (C=O) groups excluding carboxylic acids is 1. The molecule has 0 saturated carbocycles. The zero-order chi connectivity index (χ0) is 12.8. The first kappa shape index (κ1) is 11.9. The molecule has 0 aliphatic rings. The van der Waals surface area contributed by atoms with Crippen LogP contribution in [0.5, 0.6) is 0 Å². The largest absolute Gasteiger partial charge is 0.388 e. The summed E-state index contributed by atoms with van der Waals surface area (Å²) in [6, 6.07) is 7.97. The molecule has 0 atom stereocenters. The number of carbonyl (C=O) groups is 1. The number of hydrogen-bond donors (Lipinski definition) is 3. The molecule has 0 spiro atoms. The lowest BCUT2D eigenvalue weighted by Crippen LogP contribution is -2.24. The first-order valence-corrected chi connectivity index (χ1v) is 5.53. The Hall–Kier alpha value is -2.56. The van der Waals surface area contributed by atoms with Gasteiger partial charge in [0.1, 0.15) is 0 Å². The highest BCUT2D eigenvalue weighted by molar-refractivity contribution is 5.92. The zero-order valence-electron chi connectivity index (χ0n) is 9.97. The van der Waals surface area contributed by atoms with Gasteiger partial charge in [-0.05, 0) is 29.8 Å². The number of amides is 1. The second-order valence-electron chi connectivity index (χ2n) is 3.63. The number of nitrogens with one attached hydrogen (secondary N) is 3. The monoisotopic (exact) mass is 242 g/mol. The number of hydrogen-bond acceptors (Lipinski definition) is 4. The first-order chi connectivity index (χ1) is 8.85. The molecule has 3 N–H and O–H groups in total. The van der Waals surface area contributed by atoms with E-state index in [0.29, 0.717) is 6.41 Å². The quantitative estimate of drug-likeness (QED) is 0.422. The van der Waals surface area contributed by atoms with Crippen molar-refractivity contribution in [1.82, 2.24) is 15.8 Å². The normalized spacial score (nSPS) is 10.5. The van der Waals surface area contributed by atoms with Crippen LogP contribution < -0.4 is 16.2 Å². The Kier molecular flexibility index (Phi) is 3.76. The summed E-state index contributed by atoms with van der Waals surface area (Å²) in [6.45, 7) is 0. The molecular weight excluding hydrogens is 228 g/mol. The van der Waals surface area contributed by atoms with Gasteiger partial charge < -0.3 is 10.7 Å². The minimum atomic E-state index is 0.572. The second kappa shape index (κ2) is 5.67. The van der Waals surface area contributed by atoms with Crippen LogP contribution in [0.4, 0.5) is 5.69 Å². The van der Waals surface area contributed by atoms with Crippen LogP contribution in [-0.2, 0) is 4.79 Å². The summed E-state index contributed by atoms with van der Waals surface area (Å²) in [5, 5.41) is 4.20. The van der Waals surface area contributed by atoms with Crippen LogP contribution in [0.2, 0.25) is 0 Å². The predicted octanol–water partition coefficient (Wildman–Crippen LogP) is 1.50. The minimum Gasteiger partial charge on any atom is -0.388 e. The fourth-order valence-electron chi connectivity index (χ4n) is 1.69. The molecule has 0 fully saturated rings. The lowest BCUT2D eigenvalue weighted by atomic mass is 10.1. The van der Waals surface area contributed by atoms with Gasteiger partial charge in [0, 0.05) is 30.5 Å². The molecule has 92 valence electrons. The number of nitrogens with zero attached hydrogens (tertiary/aromatic N) is 1. The molecule has 18 heavy (non-hydrogen) atoms. The van der Waals surface area contributed by atoms with E-state index >= 15 is 0 Å². The van der Waals surface area contributed by atoms with E-state index in [2.05, 4.69) is 21.2 Å². The molecule has 0 aliphatic heterocycles. The zero-order valence-corrected chi connectivity index (χ0v) is 9.97. The molecule has 1 amide bonds. The van der Waals surface area contributed by atoms with Gasteiger partial charge >= 0.3 is 0 Å². The van der Waals surface area contributed by atoms with Gasteiger partial charge in [-0.15, -0.1) is 0 Å². The fraction of sp³-hybridized carbons (Fsp3) is 0.0769. The minimum absolute atomic E-state index is 0.572. The molecule has 0 radical (unpaired) electrons. The summed E-state index contributed by atoms with van der Waals surface area (Å²) >= 11 is 0. The van der Waals surface area contributed by atoms with Gasteiger partial charge in [-0.25, -0.2) is 0 Å². The molecule has 5 heteroatoms. The molecule has 1 aromatic carbocycles. The standard InChI is InChI=1S/C13H14N4O/c1-14-12-3-2-4-13-11(12)7-10(8-15-13)5-6-16-17-9-18/h2-9,14,16H,1H3,(H,17,18)/b6-5+. The van der Waals surface area contributed by atoms with Crippen molar-refractivity contribution < 1.29 is 4.79 Å². The van der Waals surface area contributed by atoms with Crippen molar-refractivity contribution >= 4 is 29.1 Å². The maximum atomic E-state index is 10.0. The molecule has 1 heterocycles. The van der Waals surface area contributed by atoms with Gasteiger partial charge in [0.15, 0.2) is 0 Å². The lowest BCUT2D eigenvalue weighted by Gasteiger charge is -2.05. The molecule has 0 unspecified atom stereocenters. The molecule has 5 nitrogen and oxygen atoms in total. The van der Waals surface area contributed by atoms with Gasteiger partial charge in [-0.3, -0.25) is 15.2 Å². The van der Waals surface area contributed by atoms with E-state index < -0.39 is 0 Å². The Balaban J connectivity index is 2.31. The van der Waals surface area contributed by atoms with Crippen LogP contribution >= 0.6 is 0 Å². The van der Waals surface area contributed by atoms with E-state index in [-0.39, 0.29) is 0 Å². The van der Waals surface area contributed by atoms with Gasteiger partial charge in [0.25, 0.3) is 0 Å². The molecule has 2 aromatic rings. The van der Waals surface area contributed by atoms with Crippen LogP contribution in [-0.4, -0.2) is 18.4 Å². The van der Waals surface area contributed by atoms with Gasteiger partial charge in [0.05, 0.1) is 5.52 Å². The lowest BCUT2D eigenvalue weighted by molar-refractivity contribution is -0.110. The number of pyridine rings is 1. The Labute approximate surface area is 105 Å². The molecule has 1 aromatic heterocycles. The van der Waals surface area contributed by atoms with E-state index in [0.717, 1.165) is 22.2 Å². The van der Waals surface area contributed by atoms with Crippen LogP contribution in [0.3, 0.4) is 0 Å². The second-order valence-corrected chi connectivity index (χ2v) is 3.63. The molecule has 0 saturated heterocycles. The summed E-state index contributed by atoms with van der Waals surface area (Å²) < 4.78 is 0. The van der Waals surface area contributed by atoms with Gasteiger partial charge in [0.2, 0.25) is 6.41 Å². The Bertz CT molecular complexity index is 580. The number of anilines is 1. The average Bonchev–Trinajstić information content (AvgIpc) is 2.43. The molecule has 2 rings (SSSR count). The molecular formula is C13H14N4O. The van der Waals surface area contributed by atoms with Crippen LogP contribution in [0.1, 0.15) is 5.56 Å². The smallest absolute Gasteiger partial charge is 0.225 e. The first-order valence-electron chi connectivity index (χ1n) is 5.53. The van der Waals surface area contributed by atoms with Gasteiger partial charge in [-0.2, -0.15) is 0 Å². The number of fused-ring (bicyclic) bond motifs is 1. The van der Waals surface area contributed by atoms with Crippen molar-refractivity contribution in [1.29, 1.82) is 0 Å². The third kappa shape index (κ3) is 2.57. The number of rotatable bonds is 5. The SMILES string of the molecule is CNc1cccc2ncc(/C=C/NNC=O)cc12. The van der Waals surface area contributed by atoms with Crippen molar-refractivity contribution in [2.24, 2.45) is 0 Å². The summed E-state index contributed by atoms with van der Waals surface area (Å²) in [5.41, 5.74) is 7.87. The average molecular weight is 242 g/mol. The third-order valence-corrected chi connectivity index (χ3v) is 2.52. The summed E-state index contributed by atoms with van der Waals surface area (Å²) in [6.07, 6.45) is 5.82. The maximum absolute atomic E-state index is 10.0. The van der Waals surface area contributed by atoms with Crippen molar-refractivity contribution in [3.05, 3.63) is 42.2 Å². The Morgan fingerprint density at radius 2 is 2.17 bits per heavy atom. The maximum Gasteiger partial charge on any atom is 0.225 e. The summed E-state index contributed by atoms with van der Waals surface area (Å²) in [5.74, 6) is 0. The highest BCUT2D eigenvalue weighted by Crippen LogP contribution is 2.22. The third-order valence-electron chi connectivity index (χ3n) is 2.52. The topological polar surface area (TPSA) is 66.1 Å². The van der Waals surface area contributed by atoms with Crippen molar-refractivity contribution in [2.45, 2.75) is 0 Å². The van der Waals surface area contributed by atoms with E-state index in [4.69, 9.17) is 0 Å². The Morgan fingerprint density at radius 3 is 2.94 bits per heavy atom. The van der Waals surface area contributed by atoms with E-state index in [9.17, 15) is 4.79 Å². The predicted molar refractivity (Wildman–Crippen MR) is 72.7 cm³/mol. The van der Waals surface area contributed by atoms with Crippen LogP contribution in [0.15, 0.2) is 36.7 Å². The van der Waals surface area contributed by atoms with E-state index in [1.165, 1.54) is 0 Å². The highest BCUT2D eigenvalue weighted by atomic mass is 16.1. The van der Waals surface area contributed by atoms with Crippen molar-refractivity contribution in [2.75, 3.05) is 12.4 Å². The number of hydrazine groups is 1. The van der Waals surface area contributed by atoms with Crippen molar-refractivity contribution in [3.63, 3.8) is 0 Å². The molecule has 0 bridgehead atoms. The van der Waals surface area contributed by atoms with Crippen molar-refractivity contribution in [3.8, 4) is 0 Å². The van der Waals surface area contributed by atoms with E-state index in [1.54, 1.807) is 12.4 Å². The van der Waals surface area contributed by atoms with E-state index in [1.807, 2.05) is 37.4 Å². The number of aromatic nitrogens is 1. The fourth-order valence-corrected chi connectivity index (χ4v) is 1.69. The Morgan fingerprint density at radius 1 is 1.28 bits per heavy atom. The van der Waals surface area contributed by atoms with Crippen LogP contribution in [0, 0.1) is 0 Å². The summed E-state index contributed by atoms with van der Waals surface area (Å²) in [4.78, 5) is 14.4. The molecule has 0 aliphatic carbocycles.